The zero-order chi connectivity index (χ0) is 11.9. The van der Waals surface area contributed by atoms with Crippen molar-refractivity contribution in [2.45, 2.75) is 58.0 Å². The molecule has 2 atom stereocenters. The first-order valence-electron chi connectivity index (χ1n) is 6.93. The van der Waals surface area contributed by atoms with Crippen LogP contribution in [0, 0.1) is 5.92 Å². The largest absolute Gasteiger partial charge is 0.367 e. The minimum absolute atomic E-state index is 0.154. The average Bonchev–Trinajstić information content (AvgIpc) is 2.94. The molecule has 3 nitrogen and oxygen atoms in total. The molecule has 0 spiro atoms. The summed E-state index contributed by atoms with van der Waals surface area (Å²) in [6.07, 6.45) is 7.14. The quantitative estimate of drug-likeness (QED) is 0.854. The van der Waals surface area contributed by atoms with Crippen molar-refractivity contribution >= 4 is 0 Å². The van der Waals surface area contributed by atoms with Gasteiger partial charge in [-0.3, -0.25) is 0 Å². The van der Waals surface area contributed by atoms with Crippen LogP contribution in [0.4, 0.5) is 0 Å². The first kappa shape index (κ1) is 11.3. The van der Waals surface area contributed by atoms with Gasteiger partial charge in [-0.05, 0) is 44.9 Å². The maximum Gasteiger partial charge on any atom is 0.138 e. The summed E-state index contributed by atoms with van der Waals surface area (Å²) in [5, 5.41) is 0. The highest BCUT2D eigenvalue weighted by molar-refractivity contribution is 5.21. The van der Waals surface area contributed by atoms with E-state index in [1.54, 1.807) is 0 Å². The van der Waals surface area contributed by atoms with Crippen molar-refractivity contribution in [3.05, 3.63) is 17.2 Å². The minimum atomic E-state index is -0.154. The molecule has 94 valence electrons. The van der Waals surface area contributed by atoms with Gasteiger partial charge >= 0.3 is 0 Å². The molecule has 1 aromatic heterocycles. The number of H-pyrrole nitrogens is 1. The summed E-state index contributed by atoms with van der Waals surface area (Å²) < 4.78 is 5.86. The Labute approximate surface area is 103 Å². The Morgan fingerprint density at radius 1 is 1.53 bits per heavy atom. The summed E-state index contributed by atoms with van der Waals surface area (Å²) in [7, 11) is 0. The number of nitrogens with zero attached hydrogens (tertiary/aromatic N) is 1. The van der Waals surface area contributed by atoms with Crippen LogP contribution in [0.15, 0.2) is 0 Å². The number of hydrogen-bond acceptors (Lipinski definition) is 2. The average molecular weight is 234 g/mol. The smallest absolute Gasteiger partial charge is 0.138 e. The summed E-state index contributed by atoms with van der Waals surface area (Å²) in [4.78, 5) is 8.34. The minimum Gasteiger partial charge on any atom is -0.367 e. The van der Waals surface area contributed by atoms with Crippen molar-refractivity contribution in [2.24, 2.45) is 5.92 Å². The van der Waals surface area contributed by atoms with Crippen LogP contribution < -0.4 is 0 Å². The van der Waals surface area contributed by atoms with E-state index >= 15 is 0 Å². The van der Waals surface area contributed by atoms with Crippen LogP contribution in [-0.2, 0) is 23.2 Å². The second-order valence-electron chi connectivity index (χ2n) is 5.71. The Bertz CT molecular complexity index is 404. The van der Waals surface area contributed by atoms with E-state index in [0.29, 0.717) is 0 Å². The summed E-state index contributed by atoms with van der Waals surface area (Å²) in [5.74, 6) is 1.91. The molecule has 0 bridgehead atoms. The molecule has 0 aromatic carbocycles. The van der Waals surface area contributed by atoms with Crippen LogP contribution in [0.3, 0.4) is 0 Å². The van der Waals surface area contributed by atoms with Crippen LogP contribution in [0.2, 0.25) is 0 Å². The molecule has 2 heterocycles. The molecule has 0 radical (unpaired) electrons. The Balaban J connectivity index is 1.87. The van der Waals surface area contributed by atoms with Crippen LogP contribution in [-0.4, -0.2) is 16.6 Å². The van der Waals surface area contributed by atoms with E-state index in [2.05, 4.69) is 18.8 Å². The molecule has 2 aliphatic rings. The van der Waals surface area contributed by atoms with Crippen molar-refractivity contribution in [1.29, 1.82) is 0 Å². The molecule has 1 aliphatic carbocycles. The monoisotopic (exact) mass is 234 g/mol. The number of imidazole rings is 1. The molecule has 1 fully saturated rings. The molecule has 1 aromatic rings. The van der Waals surface area contributed by atoms with E-state index in [1.165, 1.54) is 30.7 Å². The lowest BCUT2D eigenvalue weighted by molar-refractivity contribution is 0.00988. The molecule has 1 aliphatic heterocycles. The normalized spacial score (nSPS) is 32.7. The van der Waals surface area contributed by atoms with Gasteiger partial charge in [-0.1, -0.05) is 13.3 Å². The predicted octanol–water partition coefficient (Wildman–Crippen LogP) is 2.95. The fourth-order valence-electron chi connectivity index (χ4n) is 3.12. The molecule has 17 heavy (non-hydrogen) atoms. The van der Waals surface area contributed by atoms with Crippen molar-refractivity contribution in [2.75, 3.05) is 6.61 Å². The van der Waals surface area contributed by atoms with Gasteiger partial charge in [0.2, 0.25) is 0 Å². The van der Waals surface area contributed by atoms with Crippen molar-refractivity contribution in [1.82, 2.24) is 9.97 Å². The number of fused-ring (bicyclic) bond motifs is 1. The van der Waals surface area contributed by atoms with Gasteiger partial charge in [0, 0.05) is 12.3 Å². The number of aromatic amines is 1. The molecule has 3 heteroatoms. The molecule has 3 rings (SSSR count). The number of aryl methyl sites for hydroxylation is 1. The first-order chi connectivity index (χ1) is 8.21. The molecule has 1 saturated heterocycles. The number of hydrogen-bond donors (Lipinski definition) is 1. The summed E-state index contributed by atoms with van der Waals surface area (Å²) >= 11 is 0. The highest BCUT2D eigenvalue weighted by atomic mass is 16.5. The SMILES string of the molecule is CCC1CCc2nc(C3(C)CCCO3)[nH]c2C1. The van der Waals surface area contributed by atoms with Gasteiger partial charge < -0.3 is 9.72 Å². The maximum atomic E-state index is 5.86. The van der Waals surface area contributed by atoms with Gasteiger partial charge in [-0.25, -0.2) is 4.98 Å². The summed E-state index contributed by atoms with van der Waals surface area (Å²) in [6, 6.07) is 0. The number of aromatic nitrogens is 2. The fraction of sp³-hybridized carbons (Fsp3) is 0.786. The number of rotatable bonds is 2. The third-order valence-corrected chi connectivity index (χ3v) is 4.44. The fourth-order valence-corrected chi connectivity index (χ4v) is 3.12. The lowest BCUT2D eigenvalue weighted by atomic mass is 9.88. The maximum absolute atomic E-state index is 5.86. The number of nitrogens with one attached hydrogen (secondary N) is 1. The van der Waals surface area contributed by atoms with Gasteiger partial charge in [-0.2, -0.15) is 0 Å². The lowest BCUT2D eigenvalue weighted by Crippen LogP contribution is -2.21. The Morgan fingerprint density at radius 3 is 3.12 bits per heavy atom. The van der Waals surface area contributed by atoms with Crippen molar-refractivity contribution < 1.29 is 4.74 Å². The van der Waals surface area contributed by atoms with E-state index in [9.17, 15) is 0 Å². The summed E-state index contributed by atoms with van der Waals surface area (Å²) in [5.41, 5.74) is 2.51. The molecule has 0 saturated carbocycles. The Hall–Kier alpha value is -0.830. The molecular formula is C14H22N2O. The Kier molecular flexibility index (Phi) is 2.74. The van der Waals surface area contributed by atoms with Crippen LogP contribution in [0.5, 0.6) is 0 Å². The third-order valence-electron chi connectivity index (χ3n) is 4.44. The van der Waals surface area contributed by atoms with Crippen LogP contribution >= 0.6 is 0 Å². The van der Waals surface area contributed by atoms with E-state index in [-0.39, 0.29) is 5.60 Å². The summed E-state index contributed by atoms with van der Waals surface area (Å²) in [6.45, 7) is 5.33. The lowest BCUT2D eigenvalue weighted by Gasteiger charge is -2.20. The second-order valence-corrected chi connectivity index (χ2v) is 5.71. The van der Waals surface area contributed by atoms with Gasteiger partial charge in [0.05, 0.1) is 5.69 Å². The molecular weight excluding hydrogens is 212 g/mol. The van der Waals surface area contributed by atoms with Crippen LogP contribution in [0.1, 0.15) is 56.7 Å². The van der Waals surface area contributed by atoms with Crippen molar-refractivity contribution in [3.8, 4) is 0 Å². The van der Waals surface area contributed by atoms with Gasteiger partial charge in [0.25, 0.3) is 0 Å². The Morgan fingerprint density at radius 2 is 2.41 bits per heavy atom. The van der Waals surface area contributed by atoms with Gasteiger partial charge in [0.1, 0.15) is 11.4 Å². The van der Waals surface area contributed by atoms with Crippen LogP contribution in [0.25, 0.3) is 0 Å². The van der Waals surface area contributed by atoms with Gasteiger partial charge in [-0.15, -0.1) is 0 Å². The van der Waals surface area contributed by atoms with E-state index in [1.807, 2.05) is 0 Å². The molecule has 2 unspecified atom stereocenters. The third kappa shape index (κ3) is 1.90. The second kappa shape index (κ2) is 4.13. The van der Waals surface area contributed by atoms with E-state index in [0.717, 1.165) is 37.6 Å². The van der Waals surface area contributed by atoms with E-state index in [4.69, 9.17) is 9.72 Å². The first-order valence-corrected chi connectivity index (χ1v) is 6.93. The highest BCUT2D eigenvalue weighted by Crippen LogP contribution is 2.36. The van der Waals surface area contributed by atoms with Crippen molar-refractivity contribution in [3.63, 3.8) is 0 Å². The number of ether oxygens (including phenoxy) is 1. The zero-order valence-electron chi connectivity index (χ0n) is 10.9. The standard InChI is InChI=1S/C14H22N2O/c1-3-10-5-6-11-12(9-10)16-13(15-11)14(2)7-4-8-17-14/h10H,3-9H2,1-2H3,(H,15,16). The molecule has 1 N–H and O–H groups in total. The van der Waals surface area contributed by atoms with Gasteiger partial charge in [0.15, 0.2) is 0 Å². The predicted molar refractivity (Wildman–Crippen MR) is 66.9 cm³/mol. The van der Waals surface area contributed by atoms with E-state index < -0.39 is 0 Å². The molecule has 0 amide bonds. The highest BCUT2D eigenvalue weighted by Gasteiger charge is 2.36. The zero-order valence-corrected chi connectivity index (χ0v) is 10.9. The topological polar surface area (TPSA) is 37.9 Å².